The Morgan fingerprint density at radius 2 is 1.95 bits per heavy atom. The fraction of sp³-hybridized carbons (Fsp3) is 0. The van der Waals surface area contributed by atoms with Crippen LogP contribution in [0.4, 0.5) is 11.4 Å². The van der Waals surface area contributed by atoms with Gasteiger partial charge in [-0.3, -0.25) is 9.78 Å². The second-order valence-electron chi connectivity index (χ2n) is 4.91. The first-order chi connectivity index (χ1) is 10.7. The number of nitrogens with one attached hydrogen (secondary N) is 1. The molecule has 0 saturated heterocycles. The Kier molecular flexibility index (Phi) is 3.58. The van der Waals surface area contributed by atoms with E-state index in [9.17, 15) is 4.79 Å². The van der Waals surface area contributed by atoms with Crippen LogP contribution in [0, 0.1) is 0 Å². The van der Waals surface area contributed by atoms with Crippen LogP contribution in [0.15, 0.2) is 67.4 Å². The summed E-state index contributed by atoms with van der Waals surface area (Å²) in [6.07, 6.45) is 2.94. The molecule has 1 aromatic heterocycles. The van der Waals surface area contributed by atoms with Crippen molar-refractivity contribution in [3.8, 4) is 11.1 Å². The Hall–Kier alpha value is -3.14. The summed E-state index contributed by atoms with van der Waals surface area (Å²) in [7, 11) is 0. The lowest BCUT2D eigenvalue weighted by Crippen LogP contribution is -2.06. The van der Waals surface area contributed by atoms with Crippen LogP contribution >= 0.6 is 0 Å². The minimum absolute atomic E-state index is 0.232. The van der Waals surface area contributed by atoms with Crippen molar-refractivity contribution in [2.45, 2.75) is 0 Å². The number of carbonyl (C=O) groups excluding carboxylic acids is 1. The van der Waals surface area contributed by atoms with Gasteiger partial charge in [-0.05, 0) is 47.5 Å². The number of hydrogen-bond donors (Lipinski definition) is 2. The fourth-order valence-corrected chi connectivity index (χ4v) is 2.32. The van der Waals surface area contributed by atoms with Crippen molar-refractivity contribution in [1.29, 1.82) is 0 Å². The predicted molar refractivity (Wildman–Crippen MR) is 90.4 cm³/mol. The summed E-state index contributed by atoms with van der Waals surface area (Å²) in [6.45, 7) is 3.45. The van der Waals surface area contributed by atoms with Gasteiger partial charge in [-0.25, -0.2) is 0 Å². The molecule has 0 spiro atoms. The number of rotatable bonds is 3. The molecule has 3 aromatic rings. The molecular formula is C18H15N3O. The molecule has 0 aliphatic rings. The van der Waals surface area contributed by atoms with E-state index in [4.69, 9.17) is 5.73 Å². The lowest BCUT2D eigenvalue weighted by atomic mass is 10.0. The zero-order valence-corrected chi connectivity index (χ0v) is 11.9. The van der Waals surface area contributed by atoms with E-state index in [0.29, 0.717) is 5.69 Å². The average molecular weight is 289 g/mol. The maximum Gasteiger partial charge on any atom is 0.247 e. The van der Waals surface area contributed by atoms with Gasteiger partial charge in [0.05, 0.1) is 5.52 Å². The smallest absolute Gasteiger partial charge is 0.247 e. The predicted octanol–water partition coefficient (Wildman–Crippen LogP) is 3.61. The number of anilines is 2. The third kappa shape index (κ3) is 2.67. The zero-order chi connectivity index (χ0) is 15.5. The van der Waals surface area contributed by atoms with Crippen LogP contribution in [-0.2, 0) is 4.79 Å². The number of pyridine rings is 1. The number of amides is 1. The van der Waals surface area contributed by atoms with E-state index in [1.54, 1.807) is 12.3 Å². The first kappa shape index (κ1) is 13.8. The van der Waals surface area contributed by atoms with Crippen molar-refractivity contribution in [2.24, 2.45) is 0 Å². The highest BCUT2D eigenvalue weighted by atomic mass is 16.1. The highest BCUT2D eigenvalue weighted by Crippen LogP contribution is 2.28. The zero-order valence-electron chi connectivity index (χ0n) is 11.9. The standard InChI is InChI=1S/C18H15N3O/c1-2-18(22)21-14-5-3-4-12(10-14)13-6-7-17-15(11-13)16(19)8-9-20-17/h2-11H,1H2,(H2,19,20)(H,21,22). The number of carbonyl (C=O) groups is 1. The van der Waals surface area contributed by atoms with Crippen LogP contribution in [0.1, 0.15) is 0 Å². The highest BCUT2D eigenvalue weighted by Gasteiger charge is 2.04. The van der Waals surface area contributed by atoms with Gasteiger partial charge in [0.1, 0.15) is 0 Å². The van der Waals surface area contributed by atoms with E-state index >= 15 is 0 Å². The van der Waals surface area contributed by atoms with E-state index in [-0.39, 0.29) is 5.91 Å². The SMILES string of the molecule is C=CC(=O)Nc1cccc(-c2ccc3nccc(N)c3c2)c1. The molecule has 4 heteroatoms. The van der Waals surface area contributed by atoms with Gasteiger partial charge in [-0.15, -0.1) is 0 Å². The van der Waals surface area contributed by atoms with Gasteiger partial charge in [0.2, 0.25) is 5.91 Å². The number of fused-ring (bicyclic) bond motifs is 1. The summed E-state index contributed by atoms with van der Waals surface area (Å²) in [5, 5.41) is 3.67. The molecule has 0 fully saturated rings. The molecule has 0 aliphatic heterocycles. The van der Waals surface area contributed by atoms with Crippen LogP contribution < -0.4 is 11.1 Å². The van der Waals surface area contributed by atoms with Crippen molar-refractivity contribution in [3.05, 3.63) is 67.4 Å². The molecule has 2 aromatic carbocycles. The number of nitrogens with zero attached hydrogens (tertiary/aromatic N) is 1. The second kappa shape index (κ2) is 5.69. The Morgan fingerprint density at radius 3 is 2.77 bits per heavy atom. The molecule has 0 unspecified atom stereocenters. The Bertz CT molecular complexity index is 871. The molecule has 1 amide bonds. The molecule has 1 heterocycles. The normalized spacial score (nSPS) is 10.4. The van der Waals surface area contributed by atoms with Crippen molar-refractivity contribution >= 4 is 28.2 Å². The quantitative estimate of drug-likeness (QED) is 0.724. The van der Waals surface area contributed by atoms with Gasteiger partial charge in [0.25, 0.3) is 0 Å². The van der Waals surface area contributed by atoms with E-state index in [1.165, 1.54) is 6.08 Å². The molecule has 0 bridgehead atoms. The van der Waals surface area contributed by atoms with Gasteiger partial charge in [0.15, 0.2) is 0 Å². The van der Waals surface area contributed by atoms with Gasteiger partial charge < -0.3 is 11.1 Å². The summed E-state index contributed by atoms with van der Waals surface area (Å²) < 4.78 is 0. The third-order valence-electron chi connectivity index (χ3n) is 3.42. The first-order valence-electron chi connectivity index (χ1n) is 6.85. The lowest BCUT2D eigenvalue weighted by Gasteiger charge is -2.08. The van der Waals surface area contributed by atoms with Crippen LogP contribution in [0.3, 0.4) is 0 Å². The Balaban J connectivity index is 2.03. The molecule has 0 radical (unpaired) electrons. The summed E-state index contributed by atoms with van der Waals surface area (Å²) >= 11 is 0. The van der Waals surface area contributed by atoms with Crippen molar-refractivity contribution in [3.63, 3.8) is 0 Å². The fourth-order valence-electron chi connectivity index (χ4n) is 2.32. The second-order valence-corrected chi connectivity index (χ2v) is 4.91. The number of nitrogen functional groups attached to an aromatic ring is 1. The lowest BCUT2D eigenvalue weighted by molar-refractivity contribution is -0.111. The summed E-state index contributed by atoms with van der Waals surface area (Å²) in [5.74, 6) is -0.232. The monoisotopic (exact) mass is 289 g/mol. The summed E-state index contributed by atoms with van der Waals surface area (Å²) in [4.78, 5) is 15.7. The minimum Gasteiger partial charge on any atom is -0.398 e. The van der Waals surface area contributed by atoms with Crippen molar-refractivity contribution in [2.75, 3.05) is 11.1 Å². The van der Waals surface area contributed by atoms with Crippen LogP contribution in [0.5, 0.6) is 0 Å². The molecule has 4 nitrogen and oxygen atoms in total. The van der Waals surface area contributed by atoms with E-state index in [2.05, 4.69) is 16.9 Å². The maximum atomic E-state index is 11.4. The molecule has 0 atom stereocenters. The van der Waals surface area contributed by atoms with Gasteiger partial charge in [-0.2, -0.15) is 0 Å². The Labute approximate surface area is 128 Å². The van der Waals surface area contributed by atoms with E-state index < -0.39 is 0 Å². The molecule has 0 aliphatic carbocycles. The van der Waals surface area contributed by atoms with Crippen LogP contribution in [-0.4, -0.2) is 10.9 Å². The van der Waals surface area contributed by atoms with Gasteiger partial charge in [-0.1, -0.05) is 24.8 Å². The third-order valence-corrected chi connectivity index (χ3v) is 3.42. The van der Waals surface area contributed by atoms with Gasteiger partial charge in [0, 0.05) is 23.0 Å². The van der Waals surface area contributed by atoms with Crippen LogP contribution in [0.25, 0.3) is 22.0 Å². The molecule has 3 rings (SSSR count). The number of aromatic nitrogens is 1. The van der Waals surface area contributed by atoms with Crippen molar-refractivity contribution < 1.29 is 4.79 Å². The van der Waals surface area contributed by atoms with Gasteiger partial charge >= 0.3 is 0 Å². The first-order valence-corrected chi connectivity index (χ1v) is 6.85. The molecular weight excluding hydrogens is 274 g/mol. The molecule has 22 heavy (non-hydrogen) atoms. The average Bonchev–Trinajstić information content (AvgIpc) is 2.55. The maximum absolute atomic E-state index is 11.4. The topological polar surface area (TPSA) is 68.0 Å². The van der Waals surface area contributed by atoms with E-state index in [0.717, 1.165) is 27.7 Å². The molecule has 0 saturated carbocycles. The van der Waals surface area contributed by atoms with Crippen LogP contribution in [0.2, 0.25) is 0 Å². The summed E-state index contributed by atoms with van der Waals surface area (Å²) in [5.41, 5.74) is 10.3. The molecule has 3 N–H and O–H groups in total. The number of hydrogen-bond acceptors (Lipinski definition) is 3. The van der Waals surface area contributed by atoms with Crippen molar-refractivity contribution in [1.82, 2.24) is 4.98 Å². The number of benzene rings is 2. The van der Waals surface area contributed by atoms with E-state index in [1.807, 2.05) is 42.5 Å². The Morgan fingerprint density at radius 1 is 1.14 bits per heavy atom. The minimum atomic E-state index is -0.232. The largest absolute Gasteiger partial charge is 0.398 e. The molecule has 108 valence electrons. The highest BCUT2D eigenvalue weighted by molar-refractivity contribution is 5.99. The number of nitrogens with two attached hydrogens (primary N) is 1. The summed E-state index contributed by atoms with van der Waals surface area (Å²) in [6, 6.07) is 15.3.